The van der Waals surface area contributed by atoms with Gasteiger partial charge in [-0.25, -0.2) is 4.79 Å². The van der Waals surface area contributed by atoms with Crippen LogP contribution < -0.4 is 16.3 Å². The van der Waals surface area contributed by atoms with Crippen molar-refractivity contribution in [2.24, 2.45) is 7.05 Å². The Kier molecular flexibility index (Phi) is 6.31. The zero-order valence-electron chi connectivity index (χ0n) is 21.1. The summed E-state index contributed by atoms with van der Waals surface area (Å²) in [6.45, 7) is 4.28. The number of hydrogen-bond acceptors (Lipinski definition) is 6. The highest BCUT2D eigenvalue weighted by Crippen LogP contribution is 2.32. The molecule has 1 saturated heterocycles. The van der Waals surface area contributed by atoms with E-state index in [9.17, 15) is 9.90 Å². The molecule has 0 unspecified atom stereocenters. The Bertz CT molecular complexity index is 1700. The third-order valence-electron chi connectivity index (χ3n) is 7.46. The molecular formula is C29H29ClN6O2. The van der Waals surface area contributed by atoms with Crippen molar-refractivity contribution in [3.63, 3.8) is 0 Å². The molecule has 3 N–H and O–H groups in total. The van der Waals surface area contributed by atoms with E-state index in [4.69, 9.17) is 17.3 Å². The van der Waals surface area contributed by atoms with E-state index in [-0.39, 0.29) is 12.3 Å². The molecule has 9 heteroatoms. The summed E-state index contributed by atoms with van der Waals surface area (Å²) >= 11 is 6.10. The van der Waals surface area contributed by atoms with E-state index >= 15 is 0 Å². The number of halogens is 1. The number of pyridine rings is 1. The molecule has 38 heavy (non-hydrogen) atoms. The first-order valence-corrected chi connectivity index (χ1v) is 13.1. The molecule has 2 aromatic heterocycles. The molecular weight excluding hydrogens is 500 g/mol. The normalized spacial score (nSPS) is 14.6. The number of anilines is 2. The van der Waals surface area contributed by atoms with Crippen LogP contribution in [0.2, 0.25) is 5.02 Å². The minimum Gasteiger partial charge on any atom is -0.397 e. The lowest BCUT2D eigenvalue weighted by Gasteiger charge is -2.36. The Morgan fingerprint density at radius 1 is 0.974 bits per heavy atom. The van der Waals surface area contributed by atoms with Crippen molar-refractivity contribution < 1.29 is 5.11 Å². The third kappa shape index (κ3) is 4.20. The zero-order chi connectivity index (χ0) is 26.4. The van der Waals surface area contributed by atoms with Gasteiger partial charge in [0.2, 0.25) is 0 Å². The van der Waals surface area contributed by atoms with Crippen LogP contribution in [0.1, 0.15) is 0 Å². The van der Waals surface area contributed by atoms with Crippen molar-refractivity contribution in [3.8, 4) is 16.8 Å². The van der Waals surface area contributed by atoms with E-state index in [0.717, 1.165) is 64.9 Å². The Balaban J connectivity index is 1.45. The van der Waals surface area contributed by atoms with Crippen LogP contribution in [0.3, 0.4) is 0 Å². The number of imidazole rings is 1. The van der Waals surface area contributed by atoms with Gasteiger partial charge in [-0.1, -0.05) is 29.8 Å². The first-order chi connectivity index (χ1) is 18.4. The molecule has 0 spiro atoms. The lowest BCUT2D eigenvalue weighted by Crippen LogP contribution is -2.47. The van der Waals surface area contributed by atoms with Crippen LogP contribution in [0.5, 0.6) is 0 Å². The molecule has 3 aromatic carbocycles. The summed E-state index contributed by atoms with van der Waals surface area (Å²) in [5, 5.41) is 10.8. The van der Waals surface area contributed by atoms with Crippen molar-refractivity contribution >= 4 is 44.9 Å². The fourth-order valence-electron chi connectivity index (χ4n) is 5.38. The van der Waals surface area contributed by atoms with Crippen LogP contribution in [0.25, 0.3) is 38.8 Å². The molecule has 0 atom stereocenters. The average Bonchev–Trinajstić information content (AvgIpc) is 3.19. The van der Waals surface area contributed by atoms with Crippen molar-refractivity contribution in [2.75, 3.05) is 50.0 Å². The highest BCUT2D eigenvalue weighted by molar-refractivity contribution is 6.30. The molecule has 1 aliphatic heterocycles. The minimum atomic E-state index is -0.157. The van der Waals surface area contributed by atoms with Crippen molar-refractivity contribution in [1.29, 1.82) is 0 Å². The summed E-state index contributed by atoms with van der Waals surface area (Å²) in [5.41, 5.74) is 13.1. The van der Waals surface area contributed by atoms with Crippen molar-refractivity contribution in [1.82, 2.24) is 19.0 Å². The molecule has 194 valence electrons. The minimum absolute atomic E-state index is 0.157. The summed E-state index contributed by atoms with van der Waals surface area (Å²) < 4.78 is 3.35. The first-order valence-electron chi connectivity index (χ1n) is 12.7. The number of β-amino-alcohol motifs (C(OH)–C–C–N with tert-alkyl or cyclic N) is 1. The van der Waals surface area contributed by atoms with Crippen molar-refractivity contribution in [3.05, 3.63) is 82.4 Å². The van der Waals surface area contributed by atoms with Gasteiger partial charge in [-0.15, -0.1) is 0 Å². The average molecular weight is 529 g/mol. The van der Waals surface area contributed by atoms with E-state index < -0.39 is 0 Å². The summed E-state index contributed by atoms with van der Waals surface area (Å²) in [5.74, 6) is 0. The molecule has 0 radical (unpaired) electrons. The number of rotatable bonds is 5. The highest BCUT2D eigenvalue weighted by Gasteiger charge is 2.21. The number of aliphatic hydroxyl groups excluding tert-OH is 1. The standard InChI is InChI=1S/C29H29ClN6O2/c1-33-27-18-32-25-8-4-20(19-2-5-21(30)6-3-19)16-23(25)28(27)36(29(33)38)22-7-9-26(24(31)17-22)35-12-10-34(11-13-35)14-15-37/h2-9,16-18,37H,10-15,31H2,1H3. The lowest BCUT2D eigenvalue weighted by molar-refractivity contribution is 0.189. The van der Waals surface area contributed by atoms with E-state index in [0.29, 0.717) is 22.9 Å². The van der Waals surface area contributed by atoms with Gasteiger partial charge in [-0.2, -0.15) is 0 Å². The second-order valence-corrected chi connectivity index (χ2v) is 10.1. The van der Waals surface area contributed by atoms with E-state index in [2.05, 4.69) is 20.9 Å². The Labute approximate surface area is 225 Å². The molecule has 6 rings (SSSR count). The van der Waals surface area contributed by atoms with E-state index in [1.807, 2.05) is 54.6 Å². The molecule has 0 saturated carbocycles. The summed E-state index contributed by atoms with van der Waals surface area (Å²) in [6, 6.07) is 19.6. The first kappa shape index (κ1) is 24.5. The third-order valence-corrected chi connectivity index (χ3v) is 7.71. The Morgan fingerprint density at radius 3 is 2.42 bits per heavy atom. The second kappa shape index (κ2) is 9.79. The van der Waals surface area contributed by atoms with E-state index in [1.54, 1.807) is 22.4 Å². The number of piperazine rings is 1. The number of aliphatic hydroxyl groups is 1. The molecule has 1 fully saturated rings. The maximum Gasteiger partial charge on any atom is 0.333 e. The molecule has 5 aromatic rings. The molecule has 8 nitrogen and oxygen atoms in total. The number of hydrogen-bond donors (Lipinski definition) is 2. The van der Waals surface area contributed by atoms with E-state index in [1.165, 1.54) is 0 Å². The van der Waals surface area contributed by atoms with Gasteiger partial charge in [0.15, 0.2) is 0 Å². The molecule has 3 heterocycles. The number of benzene rings is 3. The number of fused-ring (bicyclic) bond motifs is 3. The number of nitrogen functional groups attached to an aromatic ring is 1. The molecule has 0 amide bonds. The van der Waals surface area contributed by atoms with Gasteiger partial charge in [0.1, 0.15) is 0 Å². The zero-order valence-corrected chi connectivity index (χ0v) is 21.9. The van der Waals surface area contributed by atoms with Gasteiger partial charge >= 0.3 is 5.69 Å². The van der Waals surface area contributed by atoms with Gasteiger partial charge < -0.3 is 15.7 Å². The quantitative estimate of drug-likeness (QED) is 0.336. The van der Waals surface area contributed by atoms with Crippen LogP contribution in [0.4, 0.5) is 11.4 Å². The van der Waals surface area contributed by atoms with Crippen LogP contribution >= 0.6 is 11.6 Å². The lowest BCUT2D eigenvalue weighted by atomic mass is 10.0. The summed E-state index contributed by atoms with van der Waals surface area (Å²) in [4.78, 5) is 22.7. The second-order valence-electron chi connectivity index (χ2n) is 9.70. The highest BCUT2D eigenvalue weighted by atomic mass is 35.5. The summed E-state index contributed by atoms with van der Waals surface area (Å²) in [6.07, 6.45) is 1.75. The number of aromatic nitrogens is 3. The fourth-order valence-corrected chi connectivity index (χ4v) is 5.51. The molecule has 0 bridgehead atoms. The van der Waals surface area contributed by atoms with Gasteiger partial charge in [0.25, 0.3) is 0 Å². The topological polar surface area (TPSA) is 92.5 Å². The molecule has 0 aliphatic carbocycles. The van der Waals surface area contributed by atoms with Crippen LogP contribution in [-0.4, -0.2) is 63.5 Å². The van der Waals surface area contributed by atoms with Crippen LogP contribution in [0.15, 0.2) is 71.7 Å². The van der Waals surface area contributed by atoms with Gasteiger partial charge in [-0.05, 0) is 53.6 Å². The maximum absolute atomic E-state index is 13.5. The van der Waals surface area contributed by atoms with Crippen molar-refractivity contribution in [2.45, 2.75) is 0 Å². The van der Waals surface area contributed by atoms with Crippen LogP contribution in [0, 0.1) is 0 Å². The summed E-state index contributed by atoms with van der Waals surface area (Å²) in [7, 11) is 1.77. The number of nitrogens with zero attached hydrogens (tertiary/aromatic N) is 5. The number of nitrogens with two attached hydrogens (primary N) is 1. The van der Waals surface area contributed by atoms with Gasteiger partial charge in [0.05, 0.1) is 46.4 Å². The van der Waals surface area contributed by atoms with Gasteiger partial charge in [-0.3, -0.25) is 19.0 Å². The smallest absolute Gasteiger partial charge is 0.333 e. The number of aryl methyl sites for hydroxylation is 1. The maximum atomic E-state index is 13.5. The Hall–Kier alpha value is -3.85. The monoisotopic (exact) mass is 528 g/mol. The largest absolute Gasteiger partial charge is 0.397 e. The molecule has 1 aliphatic rings. The predicted molar refractivity (Wildman–Crippen MR) is 154 cm³/mol. The predicted octanol–water partition coefficient (Wildman–Crippen LogP) is 3.89. The Morgan fingerprint density at radius 2 is 1.71 bits per heavy atom. The van der Waals surface area contributed by atoms with Gasteiger partial charge in [0, 0.05) is 50.2 Å². The SMILES string of the molecule is Cn1c(=O)n(-c2ccc(N3CCN(CCO)CC3)c(N)c2)c2c3cc(-c4ccc(Cl)cc4)ccc3ncc21. The van der Waals surface area contributed by atoms with Crippen LogP contribution in [-0.2, 0) is 7.05 Å². The fraction of sp³-hybridized carbons (Fsp3) is 0.241.